The number of carbonyl (C=O) groups is 2. The van der Waals surface area contributed by atoms with Gasteiger partial charge in [0.05, 0.1) is 0 Å². The van der Waals surface area contributed by atoms with Crippen LogP contribution in [0.1, 0.15) is 38.4 Å². The maximum Gasteiger partial charge on any atom is 0.152 e. The first-order chi connectivity index (χ1) is 14.3. The molecule has 0 atom stereocenters. The van der Waals surface area contributed by atoms with Crippen molar-refractivity contribution in [2.75, 3.05) is 17.7 Å². The molecule has 0 amide bonds. The van der Waals surface area contributed by atoms with Crippen molar-refractivity contribution in [2.45, 2.75) is 20.4 Å². The van der Waals surface area contributed by atoms with Crippen LogP contribution in [0, 0.1) is 19.7 Å². The Hall–Kier alpha value is -3.67. The monoisotopic (exact) mass is 405 g/mol. The number of H-pyrrole nitrogens is 1. The fourth-order valence-corrected chi connectivity index (χ4v) is 3.50. The molecule has 2 aromatic carbocycles. The number of allylic oxidation sites excluding steroid dienone is 1. The first kappa shape index (κ1) is 21.0. The second-order valence-corrected chi connectivity index (χ2v) is 7.30. The minimum absolute atomic E-state index is 0.315. The summed E-state index contributed by atoms with van der Waals surface area (Å²) in [5, 5.41) is 0. The van der Waals surface area contributed by atoms with Gasteiger partial charge in [-0.3, -0.25) is 9.59 Å². The third-order valence-corrected chi connectivity index (χ3v) is 5.16. The molecule has 0 saturated carbocycles. The number of carbonyl (C=O) groups excluding carboxylic acids is 2. The maximum absolute atomic E-state index is 14.1. The molecule has 0 aliphatic rings. The van der Waals surface area contributed by atoms with E-state index in [2.05, 4.69) is 4.98 Å². The third kappa shape index (κ3) is 4.33. The molecule has 0 aliphatic carbocycles. The predicted octanol–water partition coefficient (Wildman–Crippen LogP) is 4.54. The minimum Gasteiger partial charge on any atom is -0.399 e. The molecule has 3 N–H and O–H groups in total. The standard InChI is InChI=1S/C24H24FN3O2/c1-15-22(14-30)16(2)27-23(15)10-18(13-29)21-11-19(25)6-9-24(21)28(3)12-17-4-7-20(26)8-5-17/h4-11,13-14,27H,12,26H2,1-3H3/b18-10+. The molecular formula is C24H24FN3O2. The van der Waals surface area contributed by atoms with E-state index in [1.54, 1.807) is 26.0 Å². The Morgan fingerprint density at radius 3 is 2.43 bits per heavy atom. The van der Waals surface area contributed by atoms with E-state index in [9.17, 15) is 14.0 Å². The molecule has 1 aromatic heterocycles. The van der Waals surface area contributed by atoms with Crippen LogP contribution in [0.25, 0.3) is 11.6 Å². The highest BCUT2D eigenvalue weighted by Gasteiger charge is 2.15. The van der Waals surface area contributed by atoms with Crippen molar-refractivity contribution >= 4 is 35.6 Å². The lowest BCUT2D eigenvalue weighted by Gasteiger charge is -2.23. The molecule has 0 radical (unpaired) electrons. The summed E-state index contributed by atoms with van der Waals surface area (Å²) in [7, 11) is 1.88. The molecule has 0 bridgehead atoms. The molecule has 3 aromatic rings. The van der Waals surface area contributed by atoms with Crippen LogP contribution in [0.5, 0.6) is 0 Å². The summed E-state index contributed by atoms with van der Waals surface area (Å²) in [6.45, 7) is 4.16. The molecule has 3 rings (SSSR count). The number of nitrogens with zero attached hydrogens (tertiary/aromatic N) is 1. The summed E-state index contributed by atoms with van der Waals surface area (Å²) in [6, 6.07) is 11.9. The van der Waals surface area contributed by atoms with Gasteiger partial charge in [0.15, 0.2) is 12.6 Å². The van der Waals surface area contributed by atoms with E-state index in [1.165, 1.54) is 12.1 Å². The van der Waals surface area contributed by atoms with Crippen molar-refractivity contribution in [3.8, 4) is 0 Å². The minimum atomic E-state index is -0.435. The Labute approximate surface area is 175 Å². The van der Waals surface area contributed by atoms with E-state index in [-0.39, 0.29) is 0 Å². The number of nitrogen functional groups attached to an aromatic ring is 1. The number of rotatable bonds is 7. The Morgan fingerprint density at radius 2 is 1.83 bits per heavy atom. The van der Waals surface area contributed by atoms with E-state index in [4.69, 9.17) is 5.73 Å². The van der Waals surface area contributed by atoms with Crippen LogP contribution in [0.3, 0.4) is 0 Å². The molecule has 6 heteroatoms. The fraction of sp³-hybridized carbons (Fsp3) is 0.167. The summed E-state index contributed by atoms with van der Waals surface area (Å²) < 4.78 is 14.1. The van der Waals surface area contributed by atoms with E-state index >= 15 is 0 Å². The highest BCUT2D eigenvalue weighted by atomic mass is 19.1. The highest BCUT2D eigenvalue weighted by molar-refractivity contribution is 6.15. The predicted molar refractivity (Wildman–Crippen MR) is 119 cm³/mol. The number of nitrogens with one attached hydrogen (secondary N) is 1. The lowest BCUT2D eigenvalue weighted by Crippen LogP contribution is -2.18. The van der Waals surface area contributed by atoms with Gasteiger partial charge in [0.25, 0.3) is 0 Å². The van der Waals surface area contributed by atoms with Gasteiger partial charge in [-0.2, -0.15) is 0 Å². The number of halogens is 1. The molecule has 5 nitrogen and oxygen atoms in total. The lowest BCUT2D eigenvalue weighted by atomic mass is 10.0. The summed E-state index contributed by atoms with van der Waals surface area (Å²) in [4.78, 5) is 28.3. The van der Waals surface area contributed by atoms with Gasteiger partial charge < -0.3 is 15.6 Å². The van der Waals surface area contributed by atoms with Gasteiger partial charge in [0.2, 0.25) is 0 Å². The third-order valence-electron chi connectivity index (χ3n) is 5.16. The van der Waals surface area contributed by atoms with Crippen molar-refractivity contribution in [2.24, 2.45) is 0 Å². The number of nitrogens with two attached hydrogens (primary N) is 1. The van der Waals surface area contributed by atoms with Crippen molar-refractivity contribution in [3.63, 3.8) is 0 Å². The second-order valence-electron chi connectivity index (χ2n) is 7.30. The molecule has 0 aliphatic heterocycles. The van der Waals surface area contributed by atoms with E-state index < -0.39 is 5.82 Å². The first-order valence-electron chi connectivity index (χ1n) is 9.50. The topological polar surface area (TPSA) is 79.2 Å². The molecule has 0 fully saturated rings. The Kier molecular flexibility index (Phi) is 6.16. The van der Waals surface area contributed by atoms with Gasteiger partial charge in [0.1, 0.15) is 5.82 Å². The Balaban J connectivity index is 2.03. The van der Waals surface area contributed by atoms with Crippen molar-refractivity contribution in [1.29, 1.82) is 0 Å². The van der Waals surface area contributed by atoms with Crippen LogP contribution in [-0.2, 0) is 11.3 Å². The van der Waals surface area contributed by atoms with Crippen LogP contribution in [-0.4, -0.2) is 24.6 Å². The van der Waals surface area contributed by atoms with Gasteiger partial charge in [0, 0.05) is 53.1 Å². The molecule has 0 unspecified atom stereocenters. The van der Waals surface area contributed by atoms with Crippen LogP contribution < -0.4 is 10.6 Å². The number of aldehydes is 2. The van der Waals surface area contributed by atoms with E-state index in [1.807, 2.05) is 36.2 Å². The summed E-state index contributed by atoms with van der Waals surface area (Å²) in [5.74, 6) is -0.435. The van der Waals surface area contributed by atoms with Crippen molar-refractivity contribution in [1.82, 2.24) is 4.98 Å². The van der Waals surface area contributed by atoms with Crippen LogP contribution in [0.15, 0.2) is 42.5 Å². The first-order valence-corrected chi connectivity index (χ1v) is 9.50. The zero-order valence-electron chi connectivity index (χ0n) is 17.2. The maximum atomic E-state index is 14.1. The molecule has 0 saturated heterocycles. The molecule has 154 valence electrons. The zero-order valence-corrected chi connectivity index (χ0v) is 17.2. The smallest absolute Gasteiger partial charge is 0.152 e. The number of aryl methyl sites for hydroxylation is 1. The van der Waals surface area contributed by atoms with Gasteiger partial charge in [-0.25, -0.2) is 4.39 Å². The van der Waals surface area contributed by atoms with Gasteiger partial charge >= 0.3 is 0 Å². The molecular weight excluding hydrogens is 381 g/mol. The average molecular weight is 405 g/mol. The Morgan fingerprint density at radius 1 is 1.13 bits per heavy atom. The van der Waals surface area contributed by atoms with Gasteiger partial charge in [-0.05, 0) is 61.4 Å². The summed E-state index contributed by atoms with van der Waals surface area (Å²) >= 11 is 0. The number of hydrogen-bond donors (Lipinski definition) is 2. The molecule has 30 heavy (non-hydrogen) atoms. The van der Waals surface area contributed by atoms with Gasteiger partial charge in [-0.1, -0.05) is 12.1 Å². The fourth-order valence-electron chi connectivity index (χ4n) is 3.50. The van der Waals surface area contributed by atoms with Crippen LogP contribution in [0.2, 0.25) is 0 Å². The molecule has 1 heterocycles. The second kappa shape index (κ2) is 8.78. The number of anilines is 2. The largest absolute Gasteiger partial charge is 0.399 e. The van der Waals surface area contributed by atoms with Crippen LogP contribution >= 0.6 is 0 Å². The van der Waals surface area contributed by atoms with E-state index in [0.29, 0.717) is 46.6 Å². The van der Waals surface area contributed by atoms with Crippen LogP contribution in [0.4, 0.5) is 15.8 Å². The average Bonchev–Trinajstić information content (AvgIpc) is 2.99. The zero-order chi connectivity index (χ0) is 21.8. The quantitative estimate of drug-likeness (QED) is 0.344. The summed E-state index contributed by atoms with van der Waals surface area (Å²) in [6.07, 6.45) is 3.14. The highest BCUT2D eigenvalue weighted by Crippen LogP contribution is 2.30. The summed E-state index contributed by atoms with van der Waals surface area (Å²) in [5.41, 5.74) is 11.6. The van der Waals surface area contributed by atoms with E-state index in [0.717, 1.165) is 23.1 Å². The SMILES string of the molecule is Cc1[nH]c(/C=C(\C=O)c2cc(F)ccc2N(C)Cc2ccc(N)cc2)c(C)c1C=O. The van der Waals surface area contributed by atoms with Gasteiger partial charge in [-0.15, -0.1) is 0 Å². The number of hydrogen-bond acceptors (Lipinski definition) is 4. The lowest BCUT2D eigenvalue weighted by molar-refractivity contribution is -0.103. The number of aromatic amines is 1. The number of aromatic nitrogens is 1. The number of benzene rings is 2. The van der Waals surface area contributed by atoms with Crippen molar-refractivity contribution in [3.05, 3.63) is 81.9 Å². The Bertz CT molecular complexity index is 1110. The van der Waals surface area contributed by atoms with Crippen molar-refractivity contribution < 1.29 is 14.0 Å². The normalized spacial score (nSPS) is 11.4. The molecule has 0 spiro atoms.